The molecule has 9 heteroatoms. The van der Waals surface area contributed by atoms with Gasteiger partial charge in [-0.1, -0.05) is 43.7 Å². The van der Waals surface area contributed by atoms with Crippen molar-refractivity contribution in [1.29, 1.82) is 0 Å². The highest BCUT2D eigenvalue weighted by molar-refractivity contribution is 6.07. The van der Waals surface area contributed by atoms with E-state index >= 15 is 0 Å². The molecule has 0 spiro atoms. The number of unbranched alkanes of at least 4 members (excludes halogenated alkanes) is 1. The second-order valence-corrected chi connectivity index (χ2v) is 13.4. The van der Waals surface area contributed by atoms with E-state index in [1.54, 1.807) is 0 Å². The average molecular weight is 678 g/mol. The molecule has 2 aliphatic rings. The minimum atomic E-state index is -0.0724. The van der Waals surface area contributed by atoms with E-state index in [1.807, 2.05) is 48.4 Å². The first-order chi connectivity index (χ1) is 24.4. The summed E-state index contributed by atoms with van der Waals surface area (Å²) in [7, 11) is 4.12. The average Bonchev–Trinajstić information content (AvgIpc) is 3.47. The van der Waals surface area contributed by atoms with E-state index in [0.717, 1.165) is 97.0 Å². The predicted octanol–water partition coefficient (Wildman–Crippen LogP) is 7.33. The van der Waals surface area contributed by atoms with Crippen LogP contribution in [0.3, 0.4) is 0 Å². The van der Waals surface area contributed by atoms with Crippen LogP contribution in [-0.2, 0) is 34.4 Å². The lowest BCUT2D eigenvalue weighted by atomic mass is 10.00. The number of nitrogens with one attached hydrogen (secondary N) is 1. The first kappa shape index (κ1) is 35.4. The van der Waals surface area contributed by atoms with Crippen molar-refractivity contribution in [3.63, 3.8) is 0 Å². The maximum absolute atomic E-state index is 13.8. The molecule has 0 bridgehead atoms. The molecule has 0 radical (unpaired) electrons. The van der Waals surface area contributed by atoms with E-state index in [0.29, 0.717) is 38.8 Å². The normalized spacial score (nSPS) is 15.0. The molecule has 264 valence electrons. The van der Waals surface area contributed by atoms with Crippen LogP contribution in [0.15, 0.2) is 84.7 Å². The molecule has 0 unspecified atom stereocenters. The summed E-state index contributed by atoms with van der Waals surface area (Å²) in [6, 6.07) is 23.5. The summed E-state index contributed by atoms with van der Waals surface area (Å²) in [5.41, 5.74) is 8.20. The Balaban J connectivity index is 1.16. The number of hydrogen-bond acceptors (Lipinski definition) is 7. The summed E-state index contributed by atoms with van der Waals surface area (Å²) in [4.78, 5) is 18.5. The van der Waals surface area contributed by atoms with Gasteiger partial charge in [0.2, 0.25) is 0 Å². The van der Waals surface area contributed by atoms with Gasteiger partial charge in [-0.3, -0.25) is 14.4 Å². The van der Waals surface area contributed by atoms with Crippen LogP contribution < -0.4 is 15.0 Å². The summed E-state index contributed by atoms with van der Waals surface area (Å²) in [5, 5.41) is 7.55. The second-order valence-electron chi connectivity index (χ2n) is 13.4. The molecule has 1 saturated heterocycles. The van der Waals surface area contributed by atoms with Crippen molar-refractivity contribution in [3.8, 4) is 16.9 Å². The highest BCUT2D eigenvalue weighted by Gasteiger charge is 2.22. The van der Waals surface area contributed by atoms with Crippen LogP contribution in [-0.4, -0.2) is 73.3 Å². The van der Waals surface area contributed by atoms with E-state index in [4.69, 9.17) is 14.2 Å². The van der Waals surface area contributed by atoms with Crippen LogP contribution in [0.4, 0.5) is 11.4 Å². The quantitative estimate of drug-likeness (QED) is 0.132. The Morgan fingerprint density at radius 2 is 1.76 bits per heavy atom. The number of aryl methyl sites for hydroxylation is 1. The fourth-order valence-electron chi connectivity index (χ4n) is 6.65. The summed E-state index contributed by atoms with van der Waals surface area (Å²) < 4.78 is 18.9. The molecule has 4 aromatic rings. The van der Waals surface area contributed by atoms with Crippen molar-refractivity contribution in [2.75, 3.05) is 56.8 Å². The molecule has 0 atom stereocenters. The second kappa shape index (κ2) is 17.5. The third kappa shape index (κ3) is 9.62. The van der Waals surface area contributed by atoms with Crippen LogP contribution >= 0.6 is 0 Å². The molecule has 50 heavy (non-hydrogen) atoms. The van der Waals surface area contributed by atoms with Crippen LogP contribution in [0.1, 0.15) is 55.7 Å². The Kier molecular flexibility index (Phi) is 12.4. The highest BCUT2D eigenvalue weighted by Crippen LogP contribution is 2.34. The molecule has 6 rings (SSSR count). The zero-order chi connectivity index (χ0) is 34.7. The monoisotopic (exact) mass is 677 g/mol. The molecule has 3 aromatic carbocycles. The zero-order valence-corrected chi connectivity index (χ0v) is 29.8. The summed E-state index contributed by atoms with van der Waals surface area (Å²) in [5.74, 6) is 0.750. The topological polar surface area (TPSA) is 81.1 Å². The number of benzene rings is 3. The number of carbonyl (C=O) groups is 1. The summed E-state index contributed by atoms with van der Waals surface area (Å²) in [6.45, 7) is 8.02. The minimum Gasteiger partial charge on any atom is -0.491 e. The van der Waals surface area contributed by atoms with Gasteiger partial charge in [0.15, 0.2) is 0 Å². The Bertz CT molecular complexity index is 1710. The van der Waals surface area contributed by atoms with Crippen molar-refractivity contribution in [2.45, 2.75) is 58.2 Å². The van der Waals surface area contributed by atoms with Gasteiger partial charge in [-0.05, 0) is 97.5 Å². The lowest BCUT2D eigenvalue weighted by Crippen LogP contribution is -2.36. The molecular weight excluding hydrogens is 626 g/mol. The van der Waals surface area contributed by atoms with Gasteiger partial charge in [0.25, 0.3) is 5.91 Å². The van der Waals surface area contributed by atoms with Gasteiger partial charge in [-0.2, -0.15) is 5.10 Å². The van der Waals surface area contributed by atoms with Gasteiger partial charge in [0.05, 0.1) is 12.8 Å². The van der Waals surface area contributed by atoms with E-state index in [-0.39, 0.29) is 5.91 Å². The first-order valence-corrected chi connectivity index (χ1v) is 18.0. The van der Waals surface area contributed by atoms with Crippen molar-refractivity contribution in [3.05, 3.63) is 101 Å². The predicted molar refractivity (Wildman–Crippen MR) is 200 cm³/mol. The minimum absolute atomic E-state index is 0.0724. The van der Waals surface area contributed by atoms with Crippen LogP contribution in [0.2, 0.25) is 0 Å². The summed E-state index contributed by atoms with van der Waals surface area (Å²) in [6.07, 6.45) is 11.0. The van der Waals surface area contributed by atoms with Crippen LogP contribution in [0.25, 0.3) is 17.2 Å². The van der Waals surface area contributed by atoms with Gasteiger partial charge >= 0.3 is 0 Å². The molecule has 9 nitrogen and oxygen atoms in total. The van der Waals surface area contributed by atoms with E-state index in [2.05, 4.69) is 82.7 Å². The highest BCUT2D eigenvalue weighted by atomic mass is 16.5. The van der Waals surface area contributed by atoms with E-state index < -0.39 is 0 Å². The number of rotatable bonds is 15. The van der Waals surface area contributed by atoms with Crippen molar-refractivity contribution >= 4 is 23.4 Å². The molecule has 0 aliphatic carbocycles. The van der Waals surface area contributed by atoms with Crippen LogP contribution in [0.5, 0.6) is 5.75 Å². The molecule has 2 aliphatic heterocycles. The number of fused-ring (bicyclic) bond motifs is 1. The molecule has 1 aromatic heterocycles. The number of aromatic nitrogens is 2. The molecule has 1 amide bonds. The number of ether oxygens (including phenoxy) is 3. The number of carbonyl (C=O) groups excluding carboxylic acids is 1. The van der Waals surface area contributed by atoms with Gasteiger partial charge in [0, 0.05) is 81.3 Å². The Morgan fingerprint density at radius 3 is 2.50 bits per heavy atom. The van der Waals surface area contributed by atoms with Crippen molar-refractivity contribution < 1.29 is 19.0 Å². The smallest absolute Gasteiger partial charge is 0.251 e. The Morgan fingerprint density at radius 1 is 0.980 bits per heavy atom. The maximum Gasteiger partial charge on any atom is 0.251 e. The van der Waals surface area contributed by atoms with Crippen molar-refractivity contribution in [2.24, 2.45) is 7.05 Å². The standard InChI is InChI=1S/C41H51N5O4/c1-4-5-20-48-23-24-50-39-13-8-33(9-14-39)34-10-15-40-36(25-34)26-35(16-19-46(40)30-32-27-42-45(3)29-32)41(47)43-37-11-6-31(7-12-37)28-44(2)38-17-21-49-22-18-38/h6-15,25-27,29,38H,4-5,16-24,28,30H2,1-3H3,(H,43,47). The molecule has 1 N–H and O–H groups in total. The van der Waals surface area contributed by atoms with Gasteiger partial charge in [0.1, 0.15) is 12.4 Å². The fourth-order valence-corrected chi connectivity index (χ4v) is 6.65. The van der Waals surface area contributed by atoms with Gasteiger partial charge < -0.3 is 24.4 Å². The fraction of sp³-hybridized carbons (Fsp3) is 0.415. The maximum atomic E-state index is 13.8. The Hall–Kier alpha value is -4.44. The molecule has 0 saturated carbocycles. The molecular formula is C41H51N5O4. The summed E-state index contributed by atoms with van der Waals surface area (Å²) >= 11 is 0. The lowest BCUT2D eigenvalue weighted by molar-refractivity contribution is -0.112. The third-order valence-electron chi connectivity index (χ3n) is 9.56. The van der Waals surface area contributed by atoms with Gasteiger partial charge in [-0.15, -0.1) is 0 Å². The van der Waals surface area contributed by atoms with Gasteiger partial charge in [-0.25, -0.2) is 0 Å². The number of anilines is 2. The lowest BCUT2D eigenvalue weighted by Gasteiger charge is -2.31. The Labute approximate surface area is 296 Å². The number of amides is 1. The number of nitrogens with zero attached hydrogens (tertiary/aromatic N) is 4. The number of hydrogen-bond donors (Lipinski definition) is 1. The molecule has 3 heterocycles. The molecule has 1 fully saturated rings. The third-order valence-corrected chi connectivity index (χ3v) is 9.56. The van der Waals surface area contributed by atoms with Crippen molar-refractivity contribution in [1.82, 2.24) is 14.7 Å². The van der Waals surface area contributed by atoms with Crippen LogP contribution in [0, 0.1) is 0 Å². The SMILES string of the molecule is CCCCOCCOc1ccc(-c2ccc3c(c2)C=C(C(=O)Nc2ccc(CN(C)C4CCOCC4)cc2)CCN3Cc2cnn(C)c2)cc1. The largest absolute Gasteiger partial charge is 0.491 e. The van der Waals surface area contributed by atoms with E-state index in [1.165, 1.54) is 5.56 Å². The van der Waals surface area contributed by atoms with E-state index in [9.17, 15) is 4.79 Å². The zero-order valence-electron chi connectivity index (χ0n) is 29.8. The first-order valence-electron chi connectivity index (χ1n) is 18.0.